The summed E-state index contributed by atoms with van der Waals surface area (Å²) in [4.78, 5) is 26.5. The highest BCUT2D eigenvalue weighted by molar-refractivity contribution is 5.95. The van der Waals surface area contributed by atoms with Crippen molar-refractivity contribution in [3.63, 3.8) is 0 Å². The monoisotopic (exact) mass is 406 g/mol. The van der Waals surface area contributed by atoms with E-state index in [4.69, 9.17) is 0 Å². The molecule has 3 aromatic rings. The molecule has 0 radical (unpaired) electrons. The molecule has 2 heterocycles. The number of nitrogens with zero attached hydrogens (tertiary/aromatic N) is 2. The van der Waals surface area contributed by atoms with Gasteiger partial charge in [0.25, 0.3) is 11.5 Å². The summed E-state index contributed by atoms with van der Waals surface area (Å²) in [6, 6.07) is 12.1. The van der Waals surface area contributed by atoms with Crippen LogP contribution in [0.5, 0.6) is 0 Å². The van der Waals surface area contributed by atoms with Gasteiger partial charge in [-0.25, -0.2) is 9.49 Å². The van der Waals surface area contributed by atoms with Crippen LogP contribution in [0.15, 0.2) is 47.3 Å². The first kappa shape index (κ1) is 18.9. The standard InChI is InChI=1S/C23H23FN4O2/c1-23(8-9-23)25-15-12-28(13-15)22(30)18-10-14(6-7-19(18)24)11-20-16-4-2-3-5-17(16)21(29)27-26-20/h2-7,10,15,25H,8-9,11-13H2,1H3,(H,27,29). The molecular weight excluding hydrogens is 383 g/mol. The number of halogens is 1. The highest BCUT2D eigenvalue weighted by Gasteiger charge is 2.42. The molecule has 1 aromatic heterocycles. The van der Waals surface area contributed by atoms with Gasteiger partial charge < -0.3 is 10.2 Å². The highest BCUT2D eigenvalue weighted by Crippen LogP contribution is 2.35. The molecular formula is C23H23FN4O2. The van der Waals surface area contributed by atoms with Crippen molar-refractivity contribution in [2.45, 2.75) is 37.8 Å². The maximum Gasteiger partial charge on any atom is 0.272 e. The lowest BCUT2D eigenvalue weighted by atomic mass is 10.0. The lowest BCUT2D eigenvalue weighted by Gasteiger charge is -2.41. The molecule has 0 atom stereocenters. The molecule has 2 N–H and O–H groups in total. The molecule has 1 saturated heterocycles. The third-order valence-electron chi connectivity index (χ3n) is 6.13. The molecule has 0 spiro atoms. The highest BCUT2D eigenvalue weighted by atomic mass is 19.1. The number of likely N-dealkylation sites (tertiary alicyclic amines) is 1. The quantitative estimate of drug-likeness (QED) is 0.683. The molecule has 5 rings (SSSR count). The molecule has 30 heavy (non-hydrogen) atoms. The number of rotatable bonds is 5. The van der Waals surface area contributed by atoms with Crippen molar-refractivity contribution in [3.8, 4) is 0 Å². The molecule has 0 unspecified atom stereocenters. The van der Waals surface area contributed by atoms with Crippen molar-refractivity contribution in [1.29, 1.82) is 0 Å². The van der Waals surface area contributed by atoms with E-state index in [1.807, 2.05) is 12.1 Å². The average Bonchev–Trinajstić information content (AvgIpc) is 3.45. The summed E-state index contributed by atoms with van der Waals surface area (Å²) < 4.78 is 14.4. The molecule has 1 amide bonds. The minimum atomic E-state index is -0.520. The van der Waals surface area contributed by atoms with Crippen molar-refractivity contribution in [3.05, 3.63) is 75.5 Å². The summed E-state index contributed by atoms with van der Waals surface area (Å²) in [7, 11) is 0. The van der Waals surface area contributed by atoms with E-state index in [9.17, 15) is 14.0 Å². The van der Waals surface area contributed by atoms with Crippen LogP contribution >= 0.6 is 0 Å². The molecule has 6 nitrogen and oxygen atoms in total. The minimum absolute atomic E-state index is 0.0808. The second kappa shape index (κ2) is 7.02. The fourth-order valence-electron chi connectivity index (χ4n) is 4.08. The number of benzene rings is 2. The Morgan fingerprint density at radius 3 is 2.70 bits per heavy atom. The van der Waals surface area contributed by atoms with Crippen molar-refractivity contribution in [2.24, 2.45) is 0 Å². The number of hydrogen-bond donors (Lipinski definition) is 2. The van der Waals surface area contributed by atoms with E-state index in [-0.39, 0.29) is 28.6 Å². The van der Waals surface area contributed by atoms with Gasteiger partial charge in [-0.1, -0.05) is 24.3 Å². The SMILES string of the molecule is CC1(NC2CN(C(=O)c3cc(Cc4n[nH]c(=O)c5ccccc45)ccc3F)C2)CC1. The Morgan fingerprint density at radius 1 is 1.23 bits per heavy atom. The van der Waals surface area contributed by atoms with Crippen LogP contribution in [0.1, 0.15) is 41.4 Å². The number of nitrogens with one attached hydrogen (secondary N) is 2. The van der Waals surface area contributed by atoms with Crippen LogP contribution in [0.2, 0.25) is 0 Å². The molecule has 2 aromatic carbocycles. The number of carbonyl (C=O) groups is 1. The zero-order chi connectivity index (χ0) is 20.9. The summed E-state index contributed by atoms with van der Waals surface area (Å²) in [5.74, 6) is -0.804. The zero-order valence-electron chi connectivity index (χ0n) is 16.7. The van der Waals surface area contributed by atoms with Crippen LogP contribution in [-0.4, -0.2) is 45.7 Å². The summed E-state index contributed by atoms with van der Waals surface area (Å²) in [6.07, 6.45) is 2.73. The molecule has 1 aliphatic heterocycles. The van der Waals surface area contributed by atoms with E-state index in [0.717, 1.165) is 10.9 Å². The van der Waals surface area contributed by atoms with E-state index in [1.54, 1.807) is 29.2 Å². The second-order valence-corrected chi connectivity index (χ2v) is 8.65. The number of aromatic amines is 1. The number of amides is 1. The Labute approximate surface area is 173 Å². The van der Waals surface area contributed by atoms with Gasteiger partial charge in [0, 0.05) is 36.5 Å². The van der Waals surface area contributed by atoms with Gasteiger partial charge in [0.1, 0.15) is 5.82 Å². The lowest BCUT2D eigenvalue weighted by molar-refractivity contribution is 0.0544. The van der Waals surface area contributed by atoms with Crippen molar-refractivity contribution in [1.82, 2.24) is 20.4 Å². The molecule has 0 bridgehead atoms. The van der Waals surface area contributed by atoms with Crippen LogP contribution in [0, 0.1) is 5.82 Å². The number of H-pyrrole nitrogens is 1. The number of hydrogen-bond acceptors (Lipinski definition) is 4. The van der Waals surface area contributed by atoms with E-state index < -0.39 is 5.82 Å². The van der Waals surface area contributed by atoms with Gasteiger partial charge in [-0.2, -0.15) is 5.10 Å². The van der Waals surface area contributed by atoms with Crippen LogP contribution in [-0.2, 0) is 6.42 Å². The molecule has 2 fully saturated rings. The normalized spacial score (nSPS) is 17.7. The van der Waals surface area contributed by atoms with E-state index in [1.165, 1.54) is 18.9 Å². The van der Waals surface area contributed by atoms with Gasteiger partial charge in [-0.05, 0) is 43.5 Å². The summed E-state index contributed by atoms with van der Waals surface area (Å²) >= 11 is 0. The van der Waals surface area contributed by atoms with Crippen LogP contribution < -0.4 is 10.9 Å². The average molecular weight is 406 g/mol. The number of aromatic nitrogens is 2. The lowest BCUT2D eigenvalue weighted by Crippen LogP contribution is -2.62. The summed E-state index contributed by atoms with van der Waals surface area (Å²) in [5.41, 5.74) is 1.51. The van der Waals surface area contributed by atoms with Crippen LogP contribution in [0.3, 0.4) is 0 Å². The molecule has 1 aliphatic carbocycles. The Morgan fingerprint density at radius 2 is 1.97 bits per heavy atom. The molecule has 1 saturated carbocycles. The van der Waals surface area contributed by atoms with Gasteiger partial charge in [-0.15, -0.1) is 0 Å². The number of carbonyl (C=O) groups excluding carboxylic acids is 1. The molecule has 154 valence electrons. The first-order valence-corrected chi connectivity index (χ1v) is 10.2. The summed E-state index contributed by atoms with van der Waals surface area (Å²) in [5, 5.41) is 11.6. The first-order chi connectivity index (χ1) is 14.4. The van der Waals surface area contributed by atoms with Crippen LogP contribution in [0.25, 0.3) is 10.8 Å². The van der Waals surface area contributed by atoms with E-state index in [2.05, 4.69) is 22.4 Å². The first-order valence-electron chi connectivity index (χ1n) is 10.2. The maximum absolute atomic E-state index is 14.4. The van der Waals surface area contributed by atoms with Crippen molar-refractivity contribution >= 4 is 16.7 Å². The maximum atomic E-state index is 14.4. The third-order valence-corrected chi connectivity index (χ3v) is 6.13. The second-order valence-electron chi connectivity index (χ2n) is 8.65. The predicted molar refractivity (Wildman–Crippen MR) is 112 cm³/mol. The van der Waals surface area contributed by atoms with Crippen molar-refractivity contribution < 1.29 is 9.18 Å². The fourth-order valence-corrected chi connectivity index (χ4v) is 4.08. The Hall–Kier alpha value is -3.06. The van der Waals surface area contributed by atoms with Gasteiger partial charge in [0.15, 0.2) is 0 Å². The van der Waals surface area contributed by atoms with Gasteiger partial charge in [0.2, 0.25) is 0 Å². The Kier molecular flexibility index (Phi) is 4.43. The zero-order valence-corrected chi connectivity index (χ0v) is 16.7. The minimum Gasteiger partial charge on any atom is -0.335 e. The Balaban J connectivity index is 1.35. The molecule has 2 aliphatic rings. The largest absolute Gasteiger partial charge is 0.335 e. The summed E-state index contributed by atoms with van der Waals surface area (Å²) in [6.45, 7) is 3.39. The van der Waals surface area contributed by atoms with Gasteiger partial charge in [-0.3, -0.25) is 9.59 Å². The molecule has 7 heteroatoms. The van der Waals surface area contributed by atoms with Crippen LogP contribution in [0.4, 0.5) is 4.39 Å². The van der Waals surface area contributed by atoms with Gasteiger partial charge >= 0.3 is 0 Å². The fraction of sp³-hybridized carbons (Fsp3) is 0.348. The smallest absolute Gasteiger partial charge is 0.272 e. The number of fused-ring (bicyclic) bond motifs is 1. The van der Waals surface area contributed by atoms with E-state index >= 15 is 0 Å². The third kappa shape index (κ3) is 3.50. The Bertz CT molecular complexity index is 1200. The van der Waals surface area contributed by atoms with Crippen molar-refractivity contribution in [2.75, 3.05) is 13.1 Å². The van der Waals surface area contributed by atoms with Gasteiger partial charge in [0.05, 0.1) is 16.6 Å². The predicted octanol–water partition coefficient (Wildman–Crippen LogP) is 2.62. The van der Waals surface area contributed by atoms with E-state index in [0.29, 0.717) is 30.6 Å². The topological polar surface area (TPSA) is 78.1 Å².